The van der Waals surface area contributed by atoms with Crippen molar-refractivity contribution in [1.82, 2.24) is 0 Å². The standard InChI is InChI=1S/C38H40O8/c1-23-19-29-36(42,33(23)41)21-27(22-45-30(39)17-15-25-11-7-5-8-12-25)20-28-32-35(3,4)38(32,44)34(24(2)37(28,29)43)46-31(40)18-16-26-13-9-6-10-14-26/h5-20,24,28-29,32,34,42-44H,21-22H2,1-4H3/b17-15+,18-16+/t24-,28+,29-,32-,34-,36-,37-,38-/m1/s1. The van der Waals surface area contributed by atoms with Crippen molar-refractivity contribution in [3.8, 4) is 0 Å². The molecule has 0 bridgehead atoms. The minimum absolute atomic E-state index is 0.165. The molecule has 4 aliphatic rings. The van der Waals surface area contributed by atoms with Gasteiger partial charge in [0.05, 0.1) is 5.60 Å². The summed E-state index contributed by atoms with van der Waals surface area (Å²) in [6.45, 7) is 6.79. The predicted octanol–water partition coefficient (Wildman–Crippen LogP) is 4.46. The number of ether oxygens (including phenoxy) is 2. The second-order valence-electron chi connectivity index (χ2n) is 13.8. The maximum atomic E-state index is 13.5. The number of rotatable bonds is 7. The van der Waals surface area contributed by atoms with Crippen LogP contribution < -0.4 is 0 Å². The Kier molecular flexibility index (Phi) is 7.82. The first kappa shape index (κ1) is 31.9. The van der Waals surface area contributed by atoms with Gasteiger partial charge >= 0.3 is 11.9 Å². The van der Waals surface area contributed by atoms with Gasteiger partial charge in [-0.3, -0.25) is 4.79 Å². The van der Waals surface area contributed by atoms with Crippen molar-refractivity contribution in [3.63, 3.8) is 0 Å². The molecule has 8 heteroatoms. The third-order valence-electron chi connectivity index (χ3n) is 10.9. The van der Waals surface area contributed by atoms with Gasteiger partial charge in [0.1, 0.15) is 23.9 Å². The molecule has 0 radical (unpaired) electrons. The molecule has 0 aromatic heterocycles. The summed E-state index contributed by atoms with van der Waals surface area (Å²) in [5, 5.41) is 37.1. The van der Waals surface area contributed by atoms with E-state index in [1.807, 2.05) is 74.5 Å². The summed E-state index contributed by atoms with van der Waals surface area (Å²) in [5.74, 6) is -5.09. The molecule has 6 rings (SSSR count). The lowest BCUT2D eigenvalue weighted by Crippen LogP contribution is -2.65. The van der Waals surface area contributed by atoms with E-state index in [9.17, 15) is 29.7 Å². The van der Waals surface area contributed by atoms with E-state index in [1.54, 1.807) is 38.2 Å². The SMILES string of the molecule is CC1=C[C@H]2[C@@]3(O)[C@H](C)[C@@H](OC(=O)/C=C/c4ccccc4)[C@]4(O)[C@H]([C@@H]3C=C(COC(=O)/C=C/c3ccccc3)C[C@]2(O)C1=O)C4(C)C. The van der Waals surface area contributed by atoms with Gasteiger partial charge in [0, 0.05) is 47.7 Å². The van der Waals surface area contributed by atoms with Crippen LogP contribution in [-0.4, -0.2) is 62.6 Å². The van der Waals surface area contributed by atoms with Gasteiger partial charge in [-0.05, 0) is 41.3 Å². The smallest absolute Gasteiger partial charge is 0.331 e. The zero-order valence-electron chi connectivity index (χ0n) is 26.4. The molecule has 4 aliphatic carbocycles. The summed E-state index contributed by atoms with van der Waals surface area (Å²) < 4.78 is 11.5. The Morgan fingerprint density at radius 3 is 2.04 bits per heavy atom. The Morgan fingerprint density at radius 1 is 0.891 bits per heavy atom. The van der Waals surface area contributed by atoms with Gasteiger partial charge in [0.15, 0.2) is 5.78 Å². The zero-order chi connectivity index (χ0) is 33.1. The van der Waals surface area contributed by atoms with Crippen molar-refractivity contribution in [2.45, 2.75) is 57.0 Å². The second kappa shape index (κ2) is 11.3. The molecule has 0 unspecified atom stereocenters. The van der Waals surface area contributed by atoms with E-state index >= 15 is 0 Å². The number of carbonyl (C=O) groups is 3. The fourth-order valence-electron chi connectivity index (χ4n) is 8.43. The largest absolute Gasteiger partial charge is 0.458 e. The molecule has 8 nitrogen and oxygen atoms in total. The summed E-state index contributed by atoms with van der Waals surface area (Å²) >= 11 is 0. The van der Waals surface area contributed by atoms with Crippen LogP contribution in [0.2, 0.25) is 0 Å². The number of hydrogen-bond donors (Lipinski definition) is 3. The van der Waals surface area contributed by atoms with E-state index < -0.39 is 69.7 Å². The van der Waals surface area contributed by atoms with E-state index in [0.29, 0.717) is 11.1 Å². The second-order valence-corrected chi connectivity index (χ2v) is 13.8. The van der Waals surface area contributed by atoms with Crippen molar-refractivity contribution in [2.75, 3.05) is 6.61 Å². The monoisotopic (exact) mass is 624 g/mol. The molecule has 46 heavy (non-hydrogen) atoms. The Balaban J connectivity index is 1.33. The fraction of sp³-hybridized carbons (Fsp3) is 0.395. The maximum absolute atomic E-state index is 13.5. The fourth-order valence-corrected chi connectivity index (χ4v) is 8.43. The summed E-state index contributed by atoms with van der Waals surface area (Å²) in [6.07, 6.45) is 7.91. The third-order valence-corrected chi connectivity index (χ3v) is 10.9. The van der Waals surface area contributed by atoms with Crippen molar-refractivity contribution in [2.24, 2.45) is 29.1 Å². The summed E-state index contributed by atoms with van der Waals surface area (Å²) in [5.41, 5.74) is -3.71. The average molecular weight is 625 g/mol. The first-order valence-corrected chi connectivity index (χ1v) is 15.7. The highest BCUT2D eigenvalue weighted by Crippen LogP contribution is 2.75. The van der Waals surface area contributed by atoms with Gasteiger partial charge in [-0.2, -0.15) is 0 Å². The molecule has 240 valence electrons. The molecule has 0 heterocycles. The van der Waals surface area contributed by atoms with Crippen molar-refractivity contribution in [3.05, 3.63) is 107 Å². The van der Waals surface area contributed by atoms with Crippen LogP contribution >= 0.6 is 0 Å². The molecular formula is C38H40O8. The lowest BCUT2D eigenvalue weighted by atomic mass is 9.59. The molecule has 3 N–H and O–H groups in total. The van der Waals surface area contributed by atoms with Crippen LogP contribution in [0.5, 0.6) is 0 Å². The van der Waals surface area contributed by atoms with E-state index in [-0.39, 0.29) is 13.0 Å². The van der Waals surface area contributed by atoms with Gasteiger partial charge in [0.2, 0.25) is 0 Å². The van der Waals surface area contributed by atoms with E-state index in [2.05, 4.69) is 0 Å². The van der Waals surface area contributed by atoms with Gasteiger partial charge in [-0.1, -0.05) is 93.6 Å². The van der Waals surface area contributed by atoms with Crippen molar-refractivity contribution >= 4 is 29.9 Å². The number of esters is 2. The minimum atomic E-state index is -2.02. The van der Waals surface area contributed by atoms with Crippen LogP contribution in [0.3, 0.4) is 0 Å². The number of benzene rings is 2. The summed E-state index contributed by atoms with van der Waals surface area (Å²) in [6, 6.07) is 18.5. The maximum Gasteiger partial charge on any atom is 0.331 e. The van der Waals surface area contributed by atoms with Crippen LogP contribution in [0.1, 0.15) is 45.2 Å². The molecule has 0 amide bonds. The molecule has 0 spiro atoms. The Bertz CT molecular complexity index is 1670. The molecule has 0 saturated heterocycles. The number of ketones is 1. The topological polar surface area (TPSA) is 130 Å². The van der Waals surface area contributed by atoms with Crippen LogP contribution in [0.15, 0.2) is 96.1 Å². The van der Waals surface area contributed by atoms with Crippen LogP contribution in [0, 0.1) is 29.1 Å². The quantitative estimate of drug-likeness (QED) is 0.234. The highest BCUT2D eigenvalue weighted by Gasteiger charge is 2.85. The number of hydrogen-bond acceptors (Lipinski definition) is 8. The van der Waals surface area contributed by atoms with Crippen LogP contribution in [0.25, 0.3) is 12.2 Å². The average Bonchev–Trinajstić information content (AvgIpc) is 3.43. The summed E-state index contributed by atoms with van der Waals surface area (Å²) in [7, 11) is 0. The number of Topliss-reactive ketones (excluding diaryl/α,β-unsaturated/α-hetero) is 1. The van der Waals surface area contributed by atoms with Gasteiger partial charge in [-0.25, -0.2) is 9.59 Å². The number of aliphatic hydroxyl groups is 3. The van der Waals surface area contributed by atoms with Gasteiger partial charge < -0.3 is 24.8 Å². The third kappa shape index (κ3) is 4.91. The zero-order valence-corrected chi connectivity index (χ0v) is 26.4. The normalized spacial score (nSPS) is 35.8. The first-order valence-electron chi connectivity index (χ1n) is 15.7. The number of carbonyl (C=O) groups excluding carboxylic acids is 3. The molecule has 8 atom stereocenters. The first-order chi connectivity index (χ1) is 21.7. The van der Waals surface area contributed by atoms with E-state index in [1.165, 1.54) is 12.2 Å². The highest BCUT2D eigenvalue weighted by atomic mass is 16.6. The molecular weight excluding hydrogens is 584 g/mol. The van der Waals surface area contributed by atoms with Crippen LogP contribution in [0.4, 0.5) is 0 Å². The minimum Gasteiger partial charge on any atom is -0.458 e. The van der Waals surface area contributed by atoms with E-state index in [0.717, 1.165) is 11.1 Å². The molecule has 2 aromatic rings. The number of fused-ring (bicyclic) bond motifs is 5. The summed E-state index contributed by atoms with van der Waals surface area (Å²) in [4.78, 5) is 39.3. The Morgan fingerprint density at radius 2 is 1.46 bits per heavy atom. The molecule has 0 aliphatic heterocycles. The van der Waals surface area contributed by atoms with Crippen LogP contribution in [-0.2, 0) is 23.9 Å². The van der Waals surface area contributed by atoms with E-state index in [4.69, 9.17) is 9.47 Å². The Labute approximate surface area is 268 Å². The van der Waals surface area contributed by atoms with Gasteiger partial charge in [-0.15, -0.1) is 0 Å². The van der Waals surface area contributed by atoms with Gasteiger partial charge in [0.25, 0.3) is 0 Å². The molecule has 2 saturated carbocycles. The lowest BCUT2D eigenvalue weighted by molar-refractivity contribution is -0.219. The lowest BCUT2D eigenvalue weighted by Gasteiger charge is -2.52. The molecule has 2 fully saturated rings. The van der Waals surface area contributed by atoms with Crippen molar-refractivity contribution < 1.29 is 39.2 Å². The predicted molar refractivity (Wildman–Crippen MR) is 172 cm³/mol. The molecule has 2 aromatic carbocycles. The Hall–Kier alpha value is -4.11. The van der Waals surface area contributed by atoms with Crippen molar-refractivity contribution in [1.29, 1.82) is 0 Å². The highest BCUT2D eigenvalue weighted by molar-refractivity contribution is 6.05.